The quantitative estimate of drug-likeness (QED) is 0.697. The standard InChI is InChI=1S/C9H14O3/c1-2-8(9(11)12)6-3-4-7(10)5-6/h6,8H,2-5H2,1H3,(H,11,12). The van der Waals surface area contributed by atoms with E-state index < -0.39 is 5.97 Å². The van der Waals surface area contributed by atoms with Gasteiger partial charge in [-0.05, 0) is 18.8 Å². The van der Waals surface area contributed by atoms with Crippen molar-refractivity contribution in [3.63, 3.8) is 0 Å². The molecule has 0 heterocycles. The number of rotatable bonds is 3. The third-order valence-corrected chi connectivity index (χ3v) is 2.61. The first-order chi connectivity index (χ1) is 5.65. The number of carboxylic acid groups (broad SMARTS) is 1. The number of carbonyl (C=O) groups excluding carboxylic acids is 1. The molecule has 3 nitrogen and oxygen atoms in total. The lowest BCUT2D eigenvalue weighted by Crippen LogP contribution is -2.21. The normalized spacial score (nSPS) is 25.8. The Hall–Kier alpha value is -0.860. The number of hydrogen-bond donors (Lipinski definition) is 1. The minimum atomic E-state index is -0.753. The first-order valence-corrected chi connectivity index (χ1v) is 4.39. The molecular weight excluding hydrogens is 156 g/mol. The highest BCUT2D eigenvalue weighted by Crippen LogP contribution is 2.31. The van der Waals surface area contributed by atoms with Gasteiger partial charge < -0.3 is 5.11 Å². The highest BCUT2D eigenvalue weighted by molar-refractivity contribution is 5.82. The van der Waals surface area contributed by atoms with E-state index in [1.807, 2.05) is 6.92 Å². The second kappa shape index (κ2) is 3.70. The molecule has 2 atom stereocenters. The largest absolute Gasteiger partial charge is 0.481 e. The predicted molar refractivity (Wildman–Crippen MR) is 43.8 cm³/mol. The zero-order valence-electron chi connectivity index (χ0n) is 7.25. The predicted octanol–water partition coefficient (Wildman–Crippen LogP) is 1.47. The van der Waals surface area contributed by atoms with Crippen LogP contribution in [0.15, 0.2) is 0 Å². The number of aliphatic carboxylic acids is 1. The maximum absolute atomic E-state index is 10.9. The monoisotopic (exact) mass is 170 g/mol. The van der Waals surface area contributed by atoms with Crippen molar-refractivity contribution in [2.45, 2.75) is 32.6 Å². The van der Waals surface area contributed by atoms with Crippen molar-refractivity contribution < 1.29 is 14.7 Å². The van der Waals surface area contributed by atoms with E-state index in [1.165, 1.54) is 0 Å². The number of carbonyl (C=O) groups is 2. The van der Waals surface area contributed by atoms with Gasteiger partial charge in [0.05, 0.1) is 5.92 Å². The molecule has 68 valence electrons. The summed E-state index contributed by atoms with van der Waals surface area (Å²) >= 11 is 0. The van der Waals surface area contributed by atoms with Crippen LogP contribution < -0.4 is 0 Å². The van der Waals surface area contributed by atoms with Gasteiger partial charge in [0.2, 0.25) is 0 Å². The fourth-order valence-corrected chi connectivity index (χ4v) is 1.90. The van der Waals surface area contributed by atoms with Gasteiger partial charge in [0.15, 0.2) is 0 Å². The molecule has 0 aromatic carbocycles. The van der Waals surface area contributed by atoms with Crippen molar-refractivity contribution in [3.8, 4) is 0 Å². The van der Waals surface area contributed by atoms with Crippen LogP contribution in [0.25, 0.3) is 0 Å². The van der Waals surface area contributed by atoms with Crippen molar-refractivity contribution in [1.82, 2.24) is 0 Å². The molecule has 0 bridgehead atoms. The summed E-state index contributed by atoms with van der Waals surface area (Å²) in [5, 5.41) is 8.81. The van der Waals surface area contributed by atoms with E-state index in [4.69, 9.17) is 5.11 Å². The van der Waals surface area contributed by atoms with E-state index in [-0.39, 0.29) is 17.6 Å². The summed E-state index contributed by atoms with van der Waals surface area (Å²) in [7, 11) is 0. The van der Waals surface area contributed by atoms with Gasteiger partial charge in [-0.25, -0.2) is 0 Å². The van der Waals surface area contributed by atoms with Crippen molar-refractivity contribution >= 4 is 11.8 Å². The van der Waals surface area contributed by atoms with Crippen LogP contribution in [0, 0.1) is 11.8 Å². The van der Waals surface area contributed by atoms with Crippen LogP contribution in [0.4, 0.5) is 0 Å². The zero-order chi connectivity index (χ0) is 9.14. The Balaban J connectivity index is 2.55. The minimum Gasteiger partial charge on any atom is -0.481 e. The highest BCUT2D eigenvalue weighted by Gasteiger charge is 2.32. The molecule has 1 saturated carbocycles. The molecule has 1 N–H and O–H groups in total. The van der Waals surface area contributed by atoms with Gasteiger partial charge >= 0.3 is 5.97 Å². The van der Waals surface area contributed by atoms with E-state index >= 15 is 0 Å². The summed E-state index contributed by atoms with van der Waals surface area (Å²) in [6.07, 6.45) is 2.45. The third-order valence-electron chi connectivity index (χ3n) is 2.61. The Kier molecular flexibility index (Phi) is 2.84. The first kappa shape index (κ1) is 9.23. The molecule has 0 saturated heterocycles. The van der Waals surface area contributed by atoms with Crippen LogP contribution in [-0.4, -0.2) is 16.9 Å². The van der Waals surface area contributed by atoms with Crippen LogP contribution in [0.5, 0.6) is 0 Å². The topological polar surface area (TPSA) is 54.4 Å². The molecule has 1 rings (SSSR count). The maximum atomic E-state index is 10.9. The first-order valence-electron chi connectivity index (χ1n) is 4.39. The van der Waals surface area contributed by atoms with Gasteiger partial charge in [0.1, 0.15) is 5.78 Å². The summed E-state index contributed by atoms with van der Waals surface area (Å²) < 4.78 is 0. The number of hydrogen-bond acceptors (Lipinski definition) is 2. The lowest BCUT2D eigenvalue weighted by molar-refractivity contribution is -0.143. The summed E-state index contributed by atoms with van der Waals surface area (Å²) in [6, 6.07) is 0. The molecule has 0 aromatic heterocycles. The second-order valence-electron chi connectivity index (χ2n) is 3.39. The molecule has 1 fully saturated rings. The molecular formula is C9H14O3. The molecule has 0 radical (unpaired) electrons. The van der Waals surface area contributed by atoms with Crippen molar-refractivity contribution in [2.75, 3.05) is 0 Å². The molecule has 2 unspecified atom stereocenters. The Morgan fingerprint density at radius 2 is 2.42 bits per heavy atom. The molecule has 0 aliphatic heterocycles. The molecule has 1 aliphatic carbocycles. The number of carboxylic acids is 1. The lowest BCUT2D eigenvalue weighted by Gasteiger charge is -2.15. The van der Waals surface area contributed by atoms with Crippen LogP contribution in [0.3, 0.4) is 0 Å². The molecule has 3 heteroatoms. The van der Waals surface area contributed by atoms with Gasteiger partial charge in [-0.1, -0.05) is 6.92 Å². The average Bonchev–Trinajstić information content (AvgIpc) is 2.37. The van der Waals surface area contributed by atoms with Gasteiger partial charge in [0.25, 0.3) is 0 Å². The Bertz CT molecular complexity index is 198. The highest BCUT2D eigenvalue weighted by atomic mass is 16.4. The van der Waals surface area contributed by atoms with E-state index in [9.17, 15) is 9.59 Å². The third kappa shape index (κ3) is 1.84. The van der Waals surface area contributed by atoms with E-state index in [0.717, 1.165) is 6.42 Å². The van der Waals surface area contributed by atoms with Crippen LogP contribution >= 0.6 is 0 Å². The molecule has 12 heavy (non-hydrogen) atoms. The van der Waals surface area contributed by atoms with E-state index in [0.29, 0.717) is 19.3 Å². The van der Waals surface area contributed by atoms with Crippen LogP contribution in [0.1, 0.15) is 32.6 Å². The fourth-order valence-electron chi connectivity index (χ4n) is 1.90. The van der Waals surface area contributed by atoms with Gasteiger partial charge in [-0.3, -0.25) is 9.59 Å². The summed E-state index contributed by atoms with van der Waals surface area (Å²) in [6.45, 7) is 1.86. The fraction of sp³-hybridized carbons (Fsp3) is 0.778. The Morgan fingerprint density at radius 1 is 1.75 bits per heavy atom. The van der Waals surface area contributed by atoms with Gasteiger partial charge in [-0.15, -0.1) is 0 Å². The lowest BCUT2D eigenvalue weighted by atomic mass is 9.89. The summed E-state index contributed by atoms with van der Waals surface area (Å²) in [5.74, 6) is -0.742. The van der Waals surface area contributed by atoms with Crippen molar-refractivity contribution in [1.29, 1.82) is 0 Å². The van der Waals surface area contributed by atoms with E-state index in [1.54, 1.807) is 0 Å². The maximum Gasteiger partial charge on any atom is 0.306 e. The minimum absolute atomic E-state index is 0.0972. The molecule has 1 aliphatic rings. The second-order valence-corrected chi connectivity index (χ2v) is 3.39. The number of ketones is 1. The van der Waals surface area contributed by atoms with Gasteiger partial charge in [0, 0.05) is 12.8 Å². The Labute approximate surface area is 71.8 Å². The zero-order valence-corrected chi connectivity index (χ0v) is 7.25. The summed E-state index contributed by atoms with van der Waals surface area (Å²) in [4.78, 5) is 21.6. The van der Waals surface area contributed by atoms with Crippen molar-refractivity contribution in [3.05, 3.63) is 0 Å². The van der Waals surface area contributed by atoms with Gasteiger partial charge in [-0.2, -0.15) is 0 Å². The van der Waals surface area contributed by atoms with E-state index in [2.05, 4.69) is 0 Å². The average molecular weight is 170 g/mol. The SMILES string of the molecule is CCC(C(=O)O)C1CCC(=O)C1. The van der Waals surface area contributed by atoms with Crippen LogP contribution in [-0.2, 0) is 9.59 Å². The molecule has 0 aromatic rings. The number of Topliss-reactive ketones (excluding diaryl/α,β-unsaturated/α-hetero) is 1. The summed E-state index contributed by atoms with van der Waals surface area (Å²) in [5.41, 5.74) is 0. The molecule has 0 spiro atoms. The van der Waals surface area contributed by atoms with Crippen LogP contribution in [0.2, 0.25) is 0 Å². The van der Waals surface area contributed by atoms with Crippen molar-refractivity contribution in [2.24, 2.45) is 11.8 Å². The smallest absolute Gasteiger partial charge is 0.306 e. The Morgan fingerprint density at radius 3 is 2.75 bits per heavy atom. The molecule has 0 amide bonds.